The van der Waals surface area contributed by atoms with Crippen LogP contribution in [-0.4, -0.2) is 21.0 Å². The molecular weight excluding hydrogens is 154 g/mol. The zero-order valence-electron chi connectivity index (χ0n) is 8.18. The third kappa shape index (κ3) is 8.04. The first-order chi connectivity index (χ1) is 4.95. The lowest BCUT2D eigenvalue weighted by Gasteiger charge is -2.23. The van der Waals surface area contributed by atoms with Gasteiger partial charge in [0.25, 0.3) is 0 Å². The summed E-state index contributed by atoms with van der Waals surface area (Å²) in [5.41, 5.74) is 5.40. The van der Waals surface area contributed by atoms with Crippen LogP contribution < -0.4 is 5.73 Å². The van der Waals surface area contributed by atoms with E-state index in [4.69, 9.17) is 10.2 Å². The molecule has 68 valence electrons. The molecule has 0 rings (SSSR count). The van der Waals surface area contributed by atoms with Crippen molar-refractivity contribution in [2.24, 2.45) is 5.73 Å². The highest BCUT2D eigenvalue weighted by atomic mass is 28.4. The van der Waals surface area contributed by atoms with Gasteiger partial charge in [0.2, 0.25) is 0 Å². The summed E-state index contributed by atoms with van der Waals surface area (Å²) in [6, 6.07) is 0. The van der Waals surface area contributed by atoms with Gasteiger partial charge in [-0.2, -0.15) is 0 Å². The van der Waals surface area contributed by atoms with Crippen molar-refractivity contribution in [2.75, 3.05) is 6.54 Å². The van der Waals surface area contributed by atoms with Gasteiger partial charge in [-0.25, -0.2) is 0 Å². The monoisotopic (exact) mass is 175 g/mol. The van der Waals surface area contributed by atoms with Crippen LogP contribution in [0, 0.1) is 0 Å². The molecule has 0 aliphatic carbocycles. The quantitative estimate of drug-likeness (QED) is 0.648. The fourth-order valence-electron chi connectivity index (χ4n) is 1.07. The van der Waals surface area contributed by atoms with E-state index >= 15 is 0 Å². The minimum absolute atomic E-state index is 0.394. The Kier molecular flexibility index (Phi) is 4.96. The zero-order valence-corrected chi connectivity index (χ0v) is 9.18. The smallest absolute Gasteiger partial charge is 0.184 e. The molecule has 0 aliphatic rings. The van der Waals surface area contributed by atoms with Crippen molar-refractivity contribution in [3.63, 3.8) is 0 Å². The first-order valence-corrected chi connectivity index (χ1v) is 7.74. The van der Waals surface area contributed by atoms with E-state index in [-0.39, 0.29) is 0 Å². The van der Waals surface area contributed by atoms with Crippen molar-refractivity contribution in [1.29, 1.82) is 0 Å². The van der Waals surface area contributed by atoms with Gasteiger partial charge in [-0.1, -0.05) is 0 Å². The molecule has 0 aromatic rings. The lowest BCUT2D eigenvalue weighted by Crippen LogP contribution is -2.30. The molecule has 0 saturated heterocycles. The Morgan fingerprint density at radius 2 is 1.91 bits per heavy atom. The fraction of sp³-hybridized carbons (Fsp3) is 1.00. The molecule has 0 aromatic heterocycles. The highest BCUT2D eigenvalue weighted by molar-refractivity contribution is 6.69. The van der Waals surface area contributed by atoms with Crippen molar-refractivity contribution in [3.8, 4) is 0 Å². The van der Waals surface area contributed by atoms with Gasteiger partial charge in [-0.15, -0.1) is 0 Å². The largest absolute Gasteiger partial charge is 0.415 e. The van der Waals surface area contributed by atoms with E-state index in [0.717, 1.165) is 19.4 Å². The summed E-state index contributed by atoms with van der Waals surface area (Å²) in [6.07, 6.45) is 2.57. The SMILES string of the molecule is CC(CCCN)O[Si](C)(C)C. The molecule has 0 spiro atoms. The van der Waals surface area contributed by atoms with Crippen LogP contribution in [0.5, 0.6) is 0 Å². The summed E-state index contributed by atoms with van der Waals surface area (Å²) in [5, 5.41) is 0. The first kappa shape index (κ1) is 11.1. The topological polar surface area (TPSA) is 35.2 Å². The van der Waals surface area contributed by atoms with Gasteiger partial charge in [-0.05, 0) is 46.0 Å². The van der Waals surface area contributed by atoms with Crippen LogP contribution in [0.1, 0.15) is 19.8 Å². The Hall–Kier alpha value is 0.137. The summed E-state index contributed by atoms with van der Waals surface area (Å²) in [4.78, 5) is 0. The third-order valence-electron chi connectivity index (χ3n) is 1.37. The van der Waals surface area contributed by atoms with Crippen LogP contribution in [0.4, 0.5) is 0 Å². The molecular formula is C8H21NOSi. The molecule has 0 radical (unpaired) electrons. The summed E-state index contributed by atoms with van der Waals surface area (Å²) in [7, 11) is -1.31. The predicted molar refractivity (Wildman–Crippen MR) is 52.2 cm³/mol. The number of hydrogen-bond donors (Lipinski definition) is 1. The molecule has 2 nitrogen and oxygen atoms in total. The van der Waals surface area contributed by atoms with Crippen LogP contribution in [0.25, 0.3) is 0 Å². The molecule has 11 heavy (non-hydrogen) atoms. The molecule has 0 amide bonds. The molecule has 0 aliphatic heterocycles. The summed E-state index contributed by atoms with van der Waals surface area (Å²) in [6.45, 7) is 9.55. The zero-order chi connectivity index (χ0) is 8.91. The molecule has 3 heteroatoms. The van der Waals surface area contributed by atoms with Crippen LogP contribution in [0.2, 0.25) is 19.6 Å². The molecule has 0 saturated carbocycles. The maximum Gasteiger partial charge on any atom is 0.184 e. The second-order valence-corrected chi connectivity index (χ2v) is 8.43. The minimum Gasteiger partial charge on any atom is -0.415 e. The Balaban J connectivity index is 3.44. The second kappa shape index (κ2) is 4.90. The van der Waals surface area contributed by atoms with Crippen LogP contribution in [-0.2, 0) is 4.43 Å². The lowest BCUT2D eigenvalue weighted by atomic mass is 10.2. The molecule has 0 bridgehead atoms. The number of hydrogen-bond acceptors (Lipinski definition) is 2. The Labute approximate surface area is 71.3 Å². The van der Waals surface area contributed by atoms with E-state index < -0.39 is 8.32 Å². The van der Waals surface area contributed by atoms with E-state index in [1.165, 1.54) is 0 Å². The highest BCUT2D eigenvalue weighted by Gasteiger charge is 2.17. The molecule has 0 aromatic carbocycles. The predicted octanol–water partition coefficient (Wildman–Crippen LogP) is 1.97. The van der Waals surface area contributed by atoms with Gasteiger partial charge >= 0.3 is 0 Å². The Morgan fingerprint density at radius 3 is 2.27 bits per heavy atom. The third-order valence-corrected chi connectivity index (χ3v) is 2.48. The number of rotatable bonds is 5. The van der Waals surface area contributed by atoms with Crippen LogP contribution in [0.15, 0.2) is 0 Å². The van der Waals surface area contributed by atoms with Crippen molar-refractivity contribution in [3.05, 3.63) is 0 Å². The molecule has 1 atom stereocenters. The van der Waals surface area contributed by atoms with E-state index in [1.54, 1.807) is 0 Å². The normalized spacial score (nSPS) is 15.0. The van der Waals surface area contributed by atoms with Gasteiger partial charge < -0.3 is 10.2 Å². The molecule has 1 unspecified atom stereocenters. The van der Waals surface area contributed by atoms with Gasteiger partial charge in [0, 0.05) is 6.10 Å². The van der Waals surface area contributed by atoms with Crippen molar-refractivity contribution >= 4 is 8.32 Å². The Bertz CT molecular complexity index is 101. The maximum absolute atomic E-state index is 5.82. The summed E-state index contributed by atoms with van der Waals surface area (Å²) >= 11 is 0. The van der Waals surface area contributed by atoms with E-state index in [0.29, 0.717) is 6.10 Å². The van der Waals surface area contributed by atoms with Gasteiger partial charge in [0.15, 0.2) is 8.32 Å². The van der Waals surface area contributed by atoms with Crippen LogP contribution in [0.3, 0.4) is 0 Å². The molecule has 2 N–H and O–H groups in total. The summed E-state index contributed by atoms with van der Waals surface area (Å²) in [5.74, 6) is 0. The van der Waals surface area contributed by atoms with Crippen molar-refractivity contribution in [2.45, 2.75) is 45.5 Å². The fourth-order valence-corrected chi connectivity index (χ4v) is 2.39. The first-order valence-electron chi connectivity index (χ1n) is 4.33. The van der Waals surface area contributed by atoms with Gasteiger partial charge in [-0.3, -0.25) is 0 Å². The van der Waals surface area contributed by atoms with Crippen molar-refractivity contribution in [1.82, 2.24) is 0 Å². The molecule has 0 heterocycles. The van der Waals surface area contributed by atoms with E-state index in [9.17, 15) is 0 Å². The average molecular weight is 175 g/mol. The summed E-state index contributed by atoms with van der Waals surface area (Å²) < 4.78 is 5.82. The van der Waals surface area contributed by atoms with E-state index in [2.05, 4.69) is 26.6 Å². The minimum atomic E-state index is -1.31. The Morgan fingerprint density at radius 1 is 1.36 bits per heavy atom. The van der Waals surface area contributed by atoms with Crippen LogP contribution >= 0.6 is 0 Å². The van der Waals surface area contributed by atoms with E-state index in [1.807, 2.05) is 0 Å². The number of nitrogens with two attached hydrogens (primary N) is 1. The van der Waals surface area contributed by atoms with Gasteiger partial charge in [0.1, 0.15) is 0 Å². The standard InChI is InChI=1S/C8H21NOSi/c1-8(6-5-7-9)10-11(2,3)4/h8H,5-7,9H2,1-4H3. The lowest BCUT2D eigenvalue weighted by molar-refractivity contribution is 0.201. The van der Waals surface area contributed by atoms with Crippen molar-refractivity contribution < 1.29 is 4.43 Å². The average Bonchev–Trinajstić information content (AvgIpc) is 1.79. The second-order valence-electron chi connectivity index (χ2n) is 3.97. The maximum atomic E-state index is 5.82. The molecule has 0 fully saturated rings. The highest BCUT2D eigenvalue weighted by Crippen LogP contribution is 2.10. The van der Waals surface area contributed by atoms with Gasteiger partial charge in [0.05, 0.1) is 0 Å².